The number of carboxylic acid groups (broad SMARTS) is 1. The highest BCUT2D eigenvalue weighted by atomic mass is 16.6. The minimum absolute atomic E-state index is 0.0943. The Morgan fingerprint density at radius 1 is 1.35 bits per heavy atom. The Morgan fingerprint density at radius 2 is 1.90 bits per heavy atom. The lowest BCUT2D eigenvalue weighted by Crippen LogP contribution is -2.39. The van der Waals surface area contributed by atoms with E-state index >= 15 is 0 Å². The summed E-state index contributed by atoms with van der Waals surface area (Å²) in [6.07, 6.45) is -0.146. The van der Waals surface area contributed by atoms with Crippen LogP contribution in [0.2, 0.25) is 0 Å². The Bertz CT molecular complexity index is 512. The van der Waals surface area contributed by atoms with Crippen LogP contribution in [0.3, 0.4) is 0 Å². The van der Waals surface area contributed by atoms with Crippen molar-refractivity contribution >= 4 is 17.6 Å². The zero-order chi connectivity index (χ0) is 15.3. The lowest BCUT2D eigenvalue weighted by Gasteiger charge is -2.27. The van der Waals surface area contributed by atoms with Gasteiger partial charge >= 0.3 is 5.97 Å². The van der Waals surface area contributed by atoms with Crippen LogP contribution >= 0.6 is 0 Å². The van der Waals surface area contributed by atoms with E-state index in [1.54, 1.807) is 13.8 Å². The molecule has 0 saturated carbocycles. The van der Waals surface area contributed by atoms with E-state index in [9.17, 15) is 19.7 Å². The number of aliphatic carboxylic acids is 1. The van der Waals surface area contributed by atoms with Crippen molar-refractivity contribution in [3.8, 4) is 0 Å². The fourth-order valence-electron chi connectivity index (χ4n) is 1.91. The molecule has 0 aromatic heterocycles. The van der Waals surface area contributed by atoms with Crippen molar-refractivity contribution in [1.82, 2.24) is 4.90 Å². The quantitative estimate of drug-likeness (QED) is 0.633. The summed E-state index contributed by atoms with van der Waals surface area (Å²) < 4.78 is 0. The van der Waals surface area contributed by atoms with Crippen LogP contribution in [0, 0.1) is 10.1 Å². The second-order valence-corrected chi connectivity index (χ2v) is 4.34. The maximum Gasteiger partial charge on any atom is 0.305 e. The van der Waals surface area contributed by atoms with Gasteiger partial charge in [0.05, 0.1) is 11.3 Å². The van der Waals surface area contributed by atoms with E-state index < -0.39 is 16.9 Å². The lowest BCUT2D eigenvalue weighted by molar-refractivity contribution is -0.384. The number of carboxylic acids is 1. The van der Waals surface area contributed by atoms with Gasteiger partial charge in [-0.05, 0) is 26.0 Å². The average molecular weight is 280 g/mol. The highest BCUT2D eigenvalue weighted by molar-refractivity contribution is 5.94. The van der Waals surface area contributed by atoms with E-state index in [0.29, 0.717) is 12.1 Å². The van der Waals surface area contributed by atoms with Crippen molar-refractivity contribution in [2.75, 3.05) is 6.54 Å². The molecule has 1 rings (SSSR count). The van der Waals surface area contributed by atoms with Gasteiger partial charge in [0, 0.05) is 30.3 Å². The molecule has 0 fully saturated rings. The van der Waals surface area contributed by atoms with Gasteiger partial charge in [-0.1, -0.05) is 0 Å². The van der Waals surface area contributed by atoms with Gasteiger partial charge in [0.15, 0.2) is 0 Å². The molecule has 1 N–H and O–H groups in total. The topological polar surface area (TPSA) is 101 Å². The minimum Gasteiger partial charge on any atom is -0.481 e. The van der Waals surface area contributed by atoms with Gasteiger partial charge in [0.2, 0.25) is 0 Å². The first-order chi connectivity index (χ1) is 9.36. The van der Waals surface area contributed by atoms with Crippen LogP contribution in [0.15, 0.2) is 24.3 Å². The third-order valence-electron chi connectivity index (χ3n) is 2.93. The molecule has 1 aromatic carbocycles. The highest BCUT2D eigenvalue weighted by Crippen LogP contribution is 2.15. The number of amides is 1. The largest absolute Gasteiger partial charge is 0.481 e. The smallest absolute Gasteiger partial charge is 0.305 e. The minimum atomic E-state index is -0.979. The van der Waals surface area contributed by atoms with Crippen molar-refractivity contribution in [1.29, 1.82) is 0 Å². The number of benzene rings is 1. The maximum absolute atomic E-state index is 12.2. The van der Waals surface area contributed by atoms with Crippen molar-refractivity contribution in [3.05, 3.63) is 39.9 Å². The maximum atomic E-state index is 12.2. The molecule has 0 aliphatic heterocycles. The van der Waals surface area contributed by atoms with Gasteiger partial charge in [-0.25, -0.2) is 0 Å². The number of rotatable bonds is 6. The average Bonchev–Trinajstić information content (AvgIpc) is 2.38. The summed E-state index contributed by atoms with van der Waals surface area (Å²) in [6, 6.07) is 4.80. The van der Waals surface area contributed by atoms with E-state index in [1.807, 2.05) is 0 Å². The monoisotopic (exact) mass is 280 g/mol. The van der Waals surface area contributed by atoms with Crippen LogP contribution < -0.4 is 0 Å². The molecular weight excluding hydrogens is 264 g/mol. The number of nitro benzene ring substituents is 1. The third-order valence-corrected chi connectivity index (χ3v) is 2.93. The normalized spacial score (nSPS) is 11.7. The van der Waals surface area contributed by atoms with Crippen LogP contribution in [0.1, 0.15) is 30.6 Å². The van der Waals surface area contributed by atoms with Crippen molar-refractivity contribution in [2.24, 2.45) is 0 Å². The number of hydrogen-bond acceptors (Lipinski definition) is 4. The first-order valence-electron chi connectivity index (χ1n) is 6.14. The van der Waals surface area contributed by atoms with Gasteiger partial charge in [-0.2, -0.15) is 0 Å². The number of nitrogens with zero attached hydrogens (tertiary/aromatic N) is 2. The van der Waals surface area contributed by atoms with Crippen molar-refractivity contribution < 1.29 is 19.6 Å². The predicted molar refractivity (Wildman–Crippen MR) is 71.5 cm³/mol. The summed E-state index contributed by atoms with van der Waals surface area (Å²) in [4.78, 5) is 34.4. The first kappa shape index (κ1) is 15.6. The SMILES string of the molecule is CCN(C(=O)c1ccc([N+](=O)[O-])cc1)C(C)CC(=O)O. The fourth-order valence-corrected chi connectivity index (χ4v) is 1.91. The van der Waals surface area contributed by atoms with Gasteiger partial charge in [0.1, 0.15) is 0 Å². The molecule has 0 aliphatic carbocycles. The number of hydrogen-bond donors (Lipinski definition) is 1. The van der Waals surface area contributed by atoms with E-state index in [1.165, 1.54) is 29.2 Å². The molecule has 1 aromatic rings. The van der Waals surface area contributed by atoms with Gasteiger partial charge < -0.3 is 10.0 Å². The summed E-state index contributed by atoms with van der Waals surface area (Å²) >= 11 is 0. The van der Waals surface area contributed by atoms with Gasteiger partial charge in [-0.15, -0.1) is 0 Å². The van der Waals surface area contributed by atoms with Crippen LogP contribution in [-0.4, -0.2) is 39.4 Å². The summed E-state index contributed by atoms with van der Waals surface area (Å²) in [6.45, 7) is 3.77. The van der Waals surface area contributed by atoms with E-state index in [4.69, 9.17) is 5.11 Å². The second kappa shape index (κ2) is 6.65. The molecule has 20 heavy (non-hydrogen) atoms. The third kappa shape index (κ3) is 3.78. The Morgan fingerprint density at radius 3 is 2.30 bits per heavy atom. The van der Waals surface area contributed by atoms with Crippen LogP contribution in [-0.2, 0) is 4.79 Å². The molecular formula is C13H16N2O5. The summed E-state index contributed by atoms with van der Waals surface area (Å²) in [7, 11) is 0. The molecule has 1 amide bonds. The van der Waals surface area contributed by atoms with Gasteiger partial charge in [0.25, 0.3) is 11.6 Å². The summed E-state index contributed by atoms with van der Waals surface area (Å²) in [5.41, 5.74) is 0.206. The van der Waals surface area contributed by atoms with Crippen molar-refractivity contribution in [3.63, 3.8) is 0 Å². The van der Waals surface area contributed by atoms with Crippen molar-refractivity contribution in [2.45, 2.75) is 26.3 Å². The molecule has 7 heteroatoms. The van der Waals surface area contributed by atoms with Gasteiger partial charge in [-0.3, -0.25) is 19.7 Å². The molecule has 0 saturated heterocycles. The second-order valence-electron chi connectivity index (χ2n) is 4.34. The Kier molecular flexibility index (Phi) is 5.19. The highest BCUT2D eigenvalue weighted by Gasteiger charge is 2.22. The molecule has 1 unspecified atom stereocenters. The number of non-ortho nitro benzene ring substituents is 1. The molecule has 108 valence electrons. The molecule has 0 aliphatic rings. The molecule has 0 bridgehead atoms. The molecule has 1 atom stereocenters. The standard InChI is InChI=1S/C13H16N2O5/c1-3-14(9(2)8-12(16)17)13(18)10-4-6-11(7-5-10)15(19)20/h4-7,9H,3,8H2,1-2H3,(H,16,17). The number of carbonyl (C=O) groups is 2. The number of carbonyl (C=O) groups excluding carboxylic acids is 1. The zero-order valence-electron chi connectivity index (χ0n) is 11.3. The predicted octanol–water partition coefficient (Wildman–Crippen LogP) is 1.92. The van der Waals surface area contributed by atoms with E-state index in [0.717, 1.165) is 0 Å². The van der Waals surface area contributed by atoms with Crippen LogP contribution in [0.5, 0.6) is 0 Å². The molecule has 0 spiro atoms. The Balaban J connectivity index is 2.90. The Hall–Kier alpha value is -2.44. The van der Waals surface area contributed by atoms with E-state index in [-0.39, 0.29) is 18.0 Å². The zero-order valence-corrected chi connectivity index (χ0v) is 11.3. The lowest BCUT2D eigenvalue weighted by atomic mass is 10.1. The molecule has 0 heterocycles. The Labute approximate surface area is 116 Å². The summed E-state index contributed by atoms with van der Waals surface area (Å²) in [5, 5.41) is 19.3. The van der Waals surface area contributed by atoms with Crippen LogP contribution in [0.4, 0.5) is 5.69 Å². The molecule has 7 nitrogen and oxygen atoms in total. The fraction of sp³-hybridized carbons (Fsp3) is 0.385. The summed E-state index contributed by atoms with van der Waals surface area (Å²) in [5.74, 6) is -1.32. The number of nitro groups is 1. The first-order valence-corrected chi connectivity index (χ1v) is 6.14. The molecule has 0 radical (unpaired) electrons. The van der Waals surface area contributed by atoms with Crippen LogP contribution in [0.25, 0.3) is 0 Å². The van der Waals surface area contributed by atoms with E-state index in [2.05, 4.69) is 0 Å².